The van der Waals surface area contributed by atoms with Gasteiger partial charge >= 0.3 is 6.09 Å². The molecule has 100 valence electrons. The van der Waals surface area contributed by atoms with Crippen molar-refractivity contribution in [2.24, 2.45) is 5.73 Å². The number of nitrogens with zero attached hydrogens (tertiary/aromatic N) is 1. The third kappa shape index (κ3) is 8.65. The Morgan fingerprint density at radius 3 is 2.53 bits per heavy atom. The molecule has 0 unspecified atom stereocenters. The summed E-state index contributed by atoms with van der Waals surface area (Å²) in [5.74, 6) is 0. The van der Waals surface area contributed by atoms with Crippen molar-refractivity contribution in [1.29, 1.82) is 0 Å². The fraction of sp³-hybridized carbons (Fsp3) is 0.818. The van der Waals surface area contributed by atoms with Gasteiger partial charge in [-0.3, -0.25) is 9.69 Å². The molecule has 6 heteroatoms. The normalized spacial score (nSPS) is 10.0. The molecule has 0 aromatic carbocycles. The Morgan fingerprint density at radius 1 is 1.24 bits per heavy atom. The minimum Gasteiger partial charge on any atom is -0.447 e. The van der Waals surface area contributed by atoms with Crippen LogP contribution in [0.15, 0.2) is 0 Å². The SMILES string of the molecule is COCCOC(=O)N(C=O)CCCCCCN. The molecule has 0 aliphatic rings. The first-order valence-electron chi connectivity index (χ1n) is 5.84. The molecular formula is C11H22N2O4. The Balaban J connectivity index is 3.66. The van der Waals surface area contributed by atoms with Crippen LogP contribution in [0.1, 0.15) is 25.7 Å². The predicted octanol–water partition coefficient (Wildman–Crippen LogP) is 0.747. The standard InChI is InChI=1S/C11H22N2O4/c1-16-8-9-17-11(15)13(10-14)7-5-3-2-4-6-12/h10H,2-9,12H2,1H3. The number of nitrogens with two attached hydrogens (primary N) is 1. The van der Waals surface area contributed by atoms with E-state index in [-0.39, 0.29) is 6.61 Å². The number of imide groups is 1. The van der Waals surface area contributed by atoms with Crippen LogP contribution in [-0.4, -0.2) is 50.8 Å². The summed E-state index contributed by atoms with van der Waals surface area (Å²) < 4.78 is 9.56. The minimum atomic E-state index is -0.615. The zero-order valence-electron chi connectivity index (χ0n) is 10.4. The van der Waals surface area contributed by atoms with E-state index in [1.54, 1.807) is 0 Å². The maximum Gasteiger partial charge on any atom is 0.416 e. The van der Waals surface area contributed by atoms with Crippen LogP contribution in [0.4, 0.5) is 4.79 Å². The zero-order chi connectivity index (χ0) is 12.9. The van der Waals surface area contributed by atoms with Crippen LogP contribution in [0.25, 0.3) is 0 Å². The van der Waals surface area contributed by atoms with Crippen molar-refractivity contribution in [2.45, 2.75) is 25.7 Å². The average molecular weight is 246 g/mol. The smallest absolute Gasteiger partial charge is 0.416 e. The first kappa shape index (κ1) is 15.9. The van der Waals surface area contributed by atoms with Crippen LogP contribution in [-0.2, 0) is 14.3 Å². The lowest BCUT2D eigenvalue weighted by Crippen LogP contribution is -2.32. The van der Waals surface area contributed by atoms with Crippen LogP contribution < -0.4 is 5.73 Å². The molecule has 0 aromatic heterocycles. The van der Waals surface area contributed by atoms with E-state index in [1.807, 2.05) is 0 Å². The molecule has 0 spiro atoms. The highest BCUT2D eigenvalue weighted by Crippen LogP contribution is 2.01. The summed E-state index contributed by atoms with van der Waals surface area (Å²) >= 11 is 0. The zero-order valence-corrected chi connectivity index (χ0v) is 10.4. The summed E-state index contributed by atoms with van der Waals surface area (Å²) in [5.41, 5.74) is 5.36. The lowest BCUT2D eigenvalue weighted by Gasteiger charge is -2.14. The second kappa shape index (κ2) is 11.3. The monoisotopic (exact) mass is 246 g/mol. The number of methoxy groups -OCH3 is 1. The van der Waals surface area contributed by atoms with Gasteiger partial charge in [0, 0.05) is 13.7 Å². The maximum absolute atomic E-state index is 11.4. The number of hydrogen-bond donors (Lipinski definition) is 1. The predicted molar refractivity (Wildman–Crippen MR) is 63.5 cm³/mol. The van der Waals surface area contributed by atoms with Crippen molar-refractivity contribution < 1.29 is 19.1 Å². The molecule has 0 aliphatic heterocycles. The summed E-state index contributed by atoms with van der Waals surface area (Å²) in [5, 5.41) is 0. The molecule has 0 aliphatic carbocycles. The van der Waals surface area contributed by atoms with Gasteiger partial charge in [0.25, 0.3) is 0 Å². The van der Waals surface area contributed by atoms with Gasteiger partial charge in [-0.2, -0.15) is 0 Å². The van der Waals surface area contributed by atoms with Gasteiger partial charge in [-0.1, -0.05) is 12.8 Å². The van der Waals surface area contributed by atoms with E-state index in [1.165, 1.54) is 7.11 Å². The molecule has 17 heavy (non-hydrogen) atoms. The molecule has 0 fully saturated rings. The molecule has 0 heterocycles. The van der Waals surface area contributed by atoms with Crippen LogP contribution >= 0.6 is 0 Å². The van der Waals surface area contributed by atoms with Crippen molar-refractivity contribution >= 4 is 12.5 Å². The fourth-order valence-corrected chi connectivity index (χ4v) is 1.26. The summed E-state index contributed by atoms with van der Waals surface area (Å²) in [6, 6.07) is 0. The first-order chi connectivity index (χ1) is 8.26. The highest BCUT2D eigenvalue weighted by molar-refractivity contribution is 5.80. The first-order valence-corrected chi connectivity index (χ1v) is 5.84. The van der Waals surface area contributed by atoms with Crippen LogP contribution in [0, 0.1) is 0 Å². The molecule has 0 saturated heterocycles. The number of rotatable bonds is 10. The molecule has 0 aromatic rings. The largest absolute Gasteiger partial charge is 0.447 e. The number of hydrogen-bond acceptors (Lipinski definition) is 5. The number of carbonyl (C=O) groups excluding carboxylic acids is 2. The van der Waals surface area contributed by atoms with Gasteiger partial charge in [0.1, 0.15) is 6.61 Å². The van der Waals surface area contributed by atoms with Crippen molar-refractivity contribution in [1.82, 2.24) is 4.90 Å². The molecule has 0 bridgehead atoms. The Bertz CT molecular complexity index is 212. The number of amides is 2. The van der Waals surface area contributed by atoms with Gasteiger partial charge in [0.15, 0.2) is 0 Å². The topological polar surface area (TPSA) is 81.9 Å². The molecule has 0 atom stereocenters. The highest BCUT2D eigenvalue weighted by atomic mass is 16.6. The van der Waals surface area contributed by atoms with E-state index >= 15 is 0 Å². The van der Waals surface area contributed by atoms with Gasteiger partial charge in [0.2, 0.25) is 6.41 Å². The second-order valence-corrected chi connectivity index (χ2v) is 3.61. The Labute approximate surface area is 102 Å². The van der Waals surface area contributed by atoms with Gasteiger partial charge in [-0.15, -0.1) is 0 Å². The Morgan fingerprint density at radius 2 is 1.94 bits per heavy atom. The minimum absolute atomic E-state index is 0.160. The van der Waals surface area contributed by atoms with E-state index < -0.39 is 6.09 Å². The fourth-order valence-electron chi connectivity index (χ4n) is 1.26. The van der Waals surface area contributed by atoms with Crippen molar-refractivity contribution in [3.8, 4) is 0 Å². The van der Waals surface area contributed by atoms with Gasteiger partial charge in [-0.25, -0.2) is 4.79 Å². The lowest BCUT2D eigenvalue weighted by atomic mass is 10.2. The molecule has 2 amide bonds. The highest BCUT2D eigenvalue weighted by Gasteiger charge is 2.12. The molecule has 6 nitrogen and oxygen atoms in total. The van der Waals surface area contributed by atoms with Crippen LogP contribution in [0.2, 0.25) is 0 Å². The van der Waals surface area contributed by atoms with Gasteiger partial charge in [0.05, 0.1) is 6.61 Å². The summed E-state index contributed by atoms with van der Waals surface area (Å²) in [6.45, 7) is 1.55. The number of carbonyl (C=O) groups is 2. The maximum atomic E-state index is 11.4. The van der Waals surface area contributed by atoms with Crippen molar-refractivity contribution in [3.63, 3.8) is 0 Å². The third-order valence-electron chi connectivity index (χ3n) is 2.23. The van der Waals surface area contributed by atoms with Gasteiger partial charge in [-0.05, 0) is 19.4 Å². The summed E-state index contributed by atoms with van der Waals surface area (Å²) in [4.78, 5) is 23.1. The number of ether oxygens (including phenoxy) is 2. The number of unbranched alkanes of at least 4 members (excludes halogenated alkanes) is 3. The molecule has 0 rings (SSSR count). The summed E-state index contributed by atoms with van der Waals surface area (Å²) in [6.07, 6.45) is 3.60. The van der Waals surface area contributed by atoms with Gasteiger partial charge < -0.3 is 15.2 Å². The van der Waals surface area contributed by atoms with E-state index in [0.717, 1.165) is 30.6 Å². The van der Waals surface area contributed by atoms with E-state index in [0.29, 0.717) is 26.1 Å². The molecule has 0 saturated carbocycles. The van der Waals surface area contributed by atoms with E-state index in [4.69, 9.17) is 15.2 Å². The molecular weight excluding hydrogens is 224 g/mol. The molecule has 0 radical (unpaired) electrons. The van der Waals surface area contributed by atoms with E-state index in [9.17, 15) is 9.59 Å². The van der Waals surface area contributed by atoms with Crippen LogP contribution in [0.5, 0.6) is 0 Å². The lowest BCUT2D eigenvalue weighted by molar-refractivity contribution is -0.116. The van der Waals surface area contributed by atoms with Crippen molar-refractivity contribution in [3.05, 3.63) is 0 Å². The Kier molecular flexibility index (Phi) is 10.6. The summed E-state index contributed by atoms with van der Waals surface area (Å²) in [7, 11) is 1.52. The van der Waals surface area contributed by atoms with E-state index in [2.05, 4.69) is 0 Å². The third-order valence-corrected chi connectivity index (χ3v) is 2.23. The Hall–Kier alpha value is -1.14. The van der Waals surface area contributed by atoms with Crippen molar-refractivity contribution in [2.75, 3.05) is 33.4 Å². The average Bonchev–Trinajstić information content (AvgIpc) is 2.34. The quantitative estimate of drug-likeness (QED) is 0.454. The van der Waals surface area contributed by atoms with Crippen LogP contribution in [0.3, 0.4) is 0 Å². The molecule has 2 N–H and O–H groups in total. The second-order valence-electron chi connectivity index (χ2n) is 3.61.